The Morgan fingerprint density at radius 2 is 1.94 bits per heavy atom. The molecule has 0 spiro atoms. The maximum Gasteiger partial charge on any atom is 0.119 e. The molecule has 17 heavy (non-hydrogen) atoms. The summed E-state index contributed by atoms with van der Waals surface area (Å²) >= 11 is 0. The Hall–Kier alpha value is -1.00. The maximum absolute atomic E-state index is 10.1. The second-order valence-corrected chi connectivity index (χ2v) is 5.96. The lowest BCUT2D eigenvalue weighted by Gasteiger charge is -2.46. The first kappa shape index (κ1) is 12.5. The van der Waals surface area contributed by atoms with E-state index >= 15 is 0 Å². The van der Waals surface area contributed by atoms with Crippen molar-refractivity contribution in [2.24, 2.45) is 5.92 Å². The molecule has 1 aliphatic heterocycles. The van der Waals surface area contributed by atoms with E-state index in [1.165, 1.54) is 6.08 Å². The van der Waals surface area contributed by atoms with Gasteiger partial charge >= 0.3 is 0 Å². The van der Waals surface area contributed by atoms with Crippen LogP contribution in [0.5, 0.6) is 0 Å². The van der Waals surface area contributed by atoms with Gasteiger partial charge in [-0.25, -0.2) is 0 Å². The number of allylic oxidation sites excluding steroid dienone is 2. The van der Waals surface area contributed by atoms with Gasteiger partial charge in [0.1, 0.15) is 12.0 Å². The van der Waals surface area contributed by atoms with Gasteiger partial charge in [-0.15, -0.1) is 0 Å². The lowest BCUT2D eigenvalue weighted by atomic mass is 9.81. The van der Waals surface area contributed by atoms with E-state index in [-0.39, 0.29) is 23.0 Å². The SMILES string of the molecule is CC(C)(C)N1CC2=C(O)C=C(O)CC2CC1O. The third-order valence-electron chi connectivity index (χ3n) is 3.64. The molecular weight excluding hydrogens is 218 g/mol. The van der Waals surface area contributed by atoms with Crippen LogP contribution in [0.15, 0.2) is 23.2 Å². The number of nitrogens with zero attached hydrogens (tertiary/aromatic N) is 1. The van der Waals surface area contributed by atoms with Crippen LogP contribution in [0.4, 0.5) is 0 Å². The van der Waals surface area contributed by atoms with Gasteiger partial charge in [0.05, 0.1) is 5.76 Å². The molecule has 1 fully saturated rings. The summed E-state index contributed by atoms with van der Waals surface area (Å²) in [5.41, 5.74) is 0.795. The van der Waals surface area contributed by atoms with Crippen molar-refractivity contribution < 1.29 is 15.3 Å². The first-order valence-corrected chi connectivity index (χ1v) is 6.05. The lowest BCUT2D eigenvalue weighted by Crippen LogP contribution is -2.53. The first-order valence-electron chi connectivity index (χ1n) is 6.05. The molecule has 1 heterocycles. The van der Waals surface area contributed by atoms with Crippen molar-refractivity contribution >= 4 is 0 Å². The molecule has 96 valence electrons. The van der Waals surface area contributed by atoms with Crippen LogP contribution in [0.1, 0.15) is 33.6 Å². The van der Waals surface area contributed by atoms with Crippen molar-refractivity contribution in [3.8, 4) is 0 Å². The fourth-order valence-electron chi connectivity index (χ4n) is 2.68. The van der Waals surface area contributed by atoms with Crippen LogP contribution in [-0.2, 0) is 0 Å². The number of fused-ring (bicyclic) bond motifs is 1. The van der Waals surface area contributed by atoms with Crippen molar-refractivity contribution in [2.75, 3.05) is 6.54 Å². The monoisotopic (exact) mass is 239 g/mol. The molecule has 4 heteroatoms. The molecule has 2 aliphatic rings. The number of rotatable bonds is 0. The Balaban J connectivity index is 2.28. The minimum absolute atomic E-state index is 0.0635. The van der Waals surface area contributed by atoms with Gasteiger partial charge in [0.2, 0.25) is 0 Å². The van der Waals surface area contributed by atoms with Crippen LogP contribution >= 0.6 is 0 Å². The van der Waals surface area contributed by atoms with Crippen LogP contribution in [0, 0.1) is 5.92 Å². The Labute approximate surface area is 102 Å². The summed E-state index contributed by atoms with van der Waals surface area (Å²) in [5, 5.41) is 29.5. The zero-order valence-electron chi connectivity index (χ0n) is 10.6. The molecule has 2 rings (SSSR count). The summed E-state index contributed by atoms with van der Waals surface area (Å²) in [6.45, 7) is 6.70. The number of hydrogen-bond acceptors (Lipinski definition) is 4. The predicted octanol–water partition coefficient (Wildman–Crippen LogP) is 2.08. The zero-order valence-corrected chi connectivity index (χ0v) is 10.6. The Morgan fingerprint density at radius 1 is 1.29 bits per heavy atom. The van der Waals surface area contributed by atoms with Crippen LogP contribution in [0.3, 0.4) is 0 Å². The van der Waals surface area contributed by atoms with E-state index in [0.29, 0.717) is 19.4 Å². The Kier molecular flexibility index (Phi) is 2.96. The minimum Gasteiger partial charge on any atom is -0.512 e. The van der Waals surface area contributed by atoms with Gasteiger partial charge in [-0.3, -0.25) is 4.90 Å². The smallest absolute Gasteiger partial charge is 0.119 e. The predicted molar refractivity (Wildman–Crippen MR) is 65.6 cm³/mol. The summed E-state index contributed by atoms with van der Waals surface area (Å²) < 4.78 is 0. The Morgan fingerprint density at radius 3 is 2.53 bits per heavy atom. The molecule has 0 amide bonds. The first-order chi connectivity index (χ1) is 7.79. The van der Waals surface area contributed by atoms with Crippen molar-refractivity contribution in [1.82, 2.24) is 4.90 Å². The highest BCUT2D eigenvalue weighted by Crippen LogP contribution is 2.38. The molecule has 0 radical (unpaired) electrons. The van der Waals surface area contributed by atoms with E-state index in [4.69, 9.17) is 0 Å². The molecule has 1 aliphatic carbocycles. The number of piperidine rings is 1. The molecule has 3 N–H and O–H groups in total. The second kappa shape index (κ2) is 4.03. The highest BCUT2D eigenvalue weighted by atomic mass is 16.3. The number of likely N-dealkylation sites (tertiary alicyclic amines) is 1. The molecule has 0 aromatic rings. The van der Waals surface area contributed by atoms with E-state index in [1.807, 2.05) is 25.7 Å². The molecule has 4 nitrogen and oxygen atoms in total. The van der Waals surface area contributed by atoms with Gasteiger partial charge in [-0.05, 0) is 38.7 Å². The van der Waals surface area contributed by atoms with Crippen LogP contribution in [0.2, 0.25) is 0 Å². The van der Waals surface area contributed by atoms with Gasteiger partial charge in [0.25, 0.3) is 0 Å². The summed E-state index contributed by atoms with van der Waals surface area (Å²) in [6, 6.07) is 0. The van der Waals surface area contributed by atoms with Crippen LogP contribution in [-0.4, -0.2) is 38.5 Å². The minimum atomic E-state index is -0.512. The van der Waals surface area contributed by atoms with E-state index in [2.05, 4.69) is 0 Å². The fourth-order valence-corrected chi connectivity index (χ4v) is 2.68. The van der Waals surface area contributed by atoms with E-state index in [0.717, 1.165) is 5.57 Å². The molecule has 0 aromatic carbocycles. The maximum atomic E-state index is 10.1. The molecule has 2 atom stereocenters. The summed E-state index contributed by atoms with van der Waals surface area (Å²) in [4.78, 5) is 1.98. The topological polar surface area (TPSA) is 63.9 Å². The van der Waals surface area contributed by atoms with Gasteiger partial charge < -0.3 is 15.3 Å². The quantitative estimate of drug-likeness (QED) is 0.605. The van der Waals surface area contributed by atoms with Crippen molar-refractivity contribution in [3.05, 3.63) is 23.2 Å². The van der Waals surface area contributed by atoms with Crippen LogP contribution < -0.4 is 0 Å². The normalized spacial score (nSPS) is 31.2. The summed E-state index contributed by atoms with van der Waals surface area (Å²) in [5.74, 6) is 0.432. The van der Waals surface area contributed by atoms with Gasteiger partial charge in [-0.1, -0.05) is 0 Å². The Bertz CT molecular complexity index is 379. The summed E-state index contributed by atoms with van der Waals surface area (Å²) in [7, 11) is 0. The highest BCUT2D eigenvalue weighted by molar-refractivity contribution is 5.31. The molecule has 1 saturated heterocycles. The number of hydrogen-bond donors (Lipinski definition) is 3. The molecular formula is C13H21NO3. The van der Waals surface area contributed by atoms with E-state index < -0.39 is 6.23 Å². The summed E-state index contributed by atoms with van der Waals surface area (Å²) in [6.07, 6.45) is 2.00. The highest BCUT2D eigenvalue weighted by Gasteiger charge is 2.38. The second-order valence-electron chi connectivity index (χ2n) is 5.96. The van der Waals surface area contributed by atoms with Crippen LogP contribution in [0.25, 0.3) is 0 Å². The molecule has 0 saturated carbocycles. The standard InChI is InChI=1S/C13H21NO3/c1-13(2,3)14-7-10-8(5-12(14)17)4-9(15)6-11(10)16/h6,8,12,15-17H,4-5,7H2,1-3H3. The molecule has 0 bridgehead atoms. The third-order valence-corrected chi connectivity index (χ3v) is 3.64. The average molecular weight is 239 g/mol. The van der Waals surface area contributed by atoms with E-state index in [9.17, 15) is 15.3 Å². The molecule has 0 aromatic heterocycles. The largest absolute Gasteiger partial charge is 0.512 e. The third kappa shape index (κ3) is 2.33. The van der Waals surface area contributed by atoms with Crippen molar-refractivity contribution in [1.29, 1.82) is 0 Å². The number of aliphatic hydroxyl groups excluding tert-OH is 3. The van der Waals surface area contributed by atoms with E-state index in [1.54, 1.807) is 0 Å². The van der Waals surface area contributed by atoms with Gasteiger partial charge in [0, 0.05) is 24.6 Å². The van der Waals surface area contributed by atoms with Gasteiger partial charge in [-0.2, -0.15) is 0 Å². The van der Waals surface area contributed by atoms with Crippen molar-refractivity contribution in [3.63, 3.8) is 0 Å². The zero-order chi connectivity index (χ0) is 12.8. The average Bonchev–Trinajstić information content (AvgIpc) is 2.13. The van der Waals surface area contributed by atoms with Gasteiger partial charge in [0.15, 0.2) is 0 Å². The fraction of sp³-hybridized carbons (Fsp3) is 0.692. The van der Waals surface area contributed by atoms with Crippen molar-refractivity contribution in [2.45, 2.75) is 45.4 Å². The lowest BCUT2D eigenvalue weighted by molar-refractivity contribution is -0.0737. The molecule has 2 unspecified atom stereocenters. The number of aliphatic hydroxyl groups is 3.